The Bertz CT molecular complexity index is 697. The summed E-state index contributed by atoms with van der Waals surface area (Å²) in [5, 5.41) is 0. The van der Waals surface area contributed by atoms with Crippen LogP contribution in [0.2, 0.25) is 0 Å². The lowest BCUT2D eigenvalue weighted by atomic mass is 10.2. The van der Waals surface area contributed by atoms with Crippen LogP contribution in [0.5, 0.6) is 11.6 Å². The number of hydrogen-bond donors (Lipinski definition) is 0. The number of piperazine rings is 1. The monoisotopic (exact) mass is 328 g/mol. The van der Waals surface area contributed by atoms with E-state index in [0.717, 1.165) is 24.5 Å². The van der Waals surface area contributed by atoms with Crippen molar-refractivity contribution in [3.8, 4) is 11.6 Å². The third kappa shape index (κ3) is 3.40. The van der Waals surface area contributed by atoms with Crippen molar-refractivity contribution in [2.24, 2.45) is 0 Å². The largest absolute Gasteiger partial charge is 0.497 e. The molecule has 3 rings (SSSR count). The Labute approximate surface area is 140 Å². The van der Waals surface area contributed by atoms with Gasteiger partial charge in [0.2, 0.25) is 5.88 Å². The number of anilines is 1. The summed E-state index contributed by atoms with van der Waals surface area (Å²) in [6.07, 6.45) is 1.35. The number of rotatable bonds is 4. The molecule has 24 heavy (non-hydrogen) atoms. The normalized spacial score (nSPS) is 14.4. The molecule has 0 N–H and O–H groups in total. The van der Waals surface area contributed by atoms with E-state index in [1.54, 1.807) is 13.2 Å². The van der Waals surface area contributed by atoms with Crippen LogP contribution in [0, 0.1) is 0 Å². The van der Waals surface area contributed by atoms with Gasteiger partial charge in [-0.1, -0.05) is 0 Å². The van der Waals surface area contributed by atoms with Gasteiger partial charge in [-0.15, -0.1) is 0 Å². The molecular weight excluding hydrogens is 308 g/mol. The van der Waals surface area contributed by atoms with E-state index in [0.29, 0.717) is 24.7 Å². The highest BCUT2D eigenvalue weighted by atomic mass is 16.5. The van der Waals surface area contributed by atoms with E-state index in [-0.39, 0.29) is 5.91 Å². The van der Waals surface area contributed by atoms with Gasteiger partial charge >= 0.3 is 0 Å². The van der Waals surface area contributed by atoms with Gasteiger partial charge in [0.15, 0.2) is 0 Å². The molecule has 7 heteroatoms. The molecule has 0 spiro atoms. The molecule has 0 atom stereocenters. The van der Waals surface area contributed by atoms with Gasteiger partial charge in [-0.2, -0.15) is 0 Å². The number of aromatic nitrogens is 2. The molecule has 1 fully saturated rings. The first-order valence-electron chi connectivity index (χ1n) is 7.75. The van der Waals surface area contributed by atoms with Crippen LogP contribution in [0.1, 0.15) is 10.5 Å². The maximum Gasteiger partial charge on any atom is 0.272 e. The van der Waals surface area contributed by atoms with Gasteiger partial charge in [-0.3, -0.25) is 4.79 Å². The van der Waals surface area contributed by atoms with Crippen LogP contribution in [0.25, 0.3) is 0 Å². The smallest absolute Gasteiger partial charge is 0.272 e. The molecule has 1 aliphatic rings. The summed E-state index contributed by atoms with van der Waals surface area (Å²) in [7, 11) is 3.17. The second-order valence-electron chi connectivity index (χ2n) is 5.42. The van der Waals surface area contributed by atoms with E-state index >= 15 is 0 Å². The molecule has 1 aromatic heterocycles. The van der Waals surface area contributed by atoms with E-state index in [1.807, 2.05) is 29.2 Å². The van der Waals surface area contributed by atoms with E-state index in [4.69, 9.17) is 9.47 Å². The standard InChI is InChI=1S/C17H20N4O3/c1-23-14-5-3-13(4-6-14)20-7-9-21(10-8-20)17(22)15-11-16(24-2)19-12-18-15/h3-6,11-12H,7-10H2,1-2H3. The summed E-state index contributed by atoms with van der Waals surface area (Å²) in [5.74, 6) is 1.14. The van der Waals surface area contributed by atoms with Gasteiger partial charge in [0, 0.05) is 37.9 Å². The van der Waals surface area contributed by atoms with Crippen molar-refractivity contribution in [3.63, 3.8) is 0 Å². The highest BCUT2D eigenvalue weighted by molar-refractivity contribution is 5.92. The number of amides is 1. The molecule has 0 bridgehead atoms. The first kappa shape index (κ1) is 16.0. The van der Waals surface area contributed by atoms with Gasteiger partial charge in [0.05, 0.1) is 14.2 Å². The van der Waals surface area contributed by atoms with Crippen LogP contribution in [0.4, 0.5) is 5.69 Å². The summed E-state index contributed by atoms with van der Waals surface area (Å²) in [4.78, 5) is 24.6. The second kappa shape index (κ2) is 7.16. The van der Waals surface area contributed by atoms with Crippen LogP contribution in [-0.4, -0.2) is 61.2 Å². The summed E-state index contributed by atoms with van der Waals surface area (Å²) in [5.41, 5.74) is 1.49. The number of carbonyl (C=O) groups is 1. The maximum atomic E-state index is 12.5. The molecule has 0 saturated carbocycles. The molecule has 1 aromatic carbocycles. The zero-order valence-electron chi connectivity index (χ0n) is 13.8. The van der Waals surface area contributed by atoms with E-state index in [9.17, 15) is 4.79 Å². The van der Waals surface area contributed by atoms with Gasteiger partial charge in [0.1, 0.15) is 17.8 Å². The second-order valence-corrected chi connectivity index (χ2v) is 5.42. The Morgan fingerprint density at radius 2 is 1.71 bits per heavy atom. The lowest BCUT2D eigenvalue weighted by molar-refractivity contribution is 0.0740. The van der Waals surface area contributed by atoms with Crippen molar-refractivity contribution in [3.05, 3.63) is 42.4 Å². The first-order chi connectivity index (χ1) is 11.7. The van der Waals surface area contributed by atoms with Crippen molar-refractivity contribution in [1.82, 2.24) is 14.9 Å². The van der Waals surface area contributed by atoms with Gasteiger partial charge in [-0.25, -0.2) is 9.97 Å². The summed E-state index contributed by atoms with van der Waals surface area (Å²) < 4.78 is 10.2. The maximum absolute atomic E-state index is 12.5. The number of benzene rings is 1. The fraction of sp³-hybridized carbons (Fsp3) is 0.353. The molecular formula is C17H20N4O3. The number of ether oxygens (including phenoxy) is 2. The molecule has 2 aromatic rings. The summed E-state index contributed by atoms with van der Waals surface area (Å²) >= 11 is 0. The number of carbonyl (C=O) groups excluding carboxylic acids is 1. The van der Waals surface area contributed by atoms with Crippen LogP contribution < -0.4 is 14.4 Å². The molecule has 7 nitrogen and oxygen atoms in total. The number of hydrogen-bond acceptors (Lipinski definition) is 6. The van der Waals surface area contributed by atoms with Crippen LogP contribution in [0.15, 0.2) is 36.7 Å². The molecule has 1 amide bonds. The van der Waals surface area contributed by atoms with Crippen molar-refractivity contribution in [1.29, 1.82) is 0 Å². The Morgan fingerprint density at radius 3 is 2.33 bits per heavy atom. The van der Waals surface area contributed by atoms with Crippen LogP contribution in [-0.2, 0) is 0 Å². The predicted molar refractivity (Wildman–Crippen MR) is 89.7 cm³/mol. The minimum atomic E-state index is -0.0925. The van der Waals surface area contributed by atoms with Crippen molar-refractivity contribution in [2.45, 2.75) is 0 Å². The third-order valence-electron chi connectivity index (χ3n) is 4.07. The molecule has 0 unspecified atom stereocenters. The van der Waals surface area contributed by atoms with Crippen LogP contribution in [0.3, 0.4) is 0 Å². The lowest BCUT2D eigenvalue weighted by Crippen LogP contribution is -2.49. The van der Waals surface area contributed by atoms with E-state index in [1.165, 1.54) is 13.4 Å². The zero-order valence-corrected chi connectivity index (χ0v) is 13.8. The third-order valence-corrected chi connectivity index (χ3v) is 4.07. The fourth-order valence-electron chi connectivity index (χ4n) is 2.69. The molecule has 126 valence electrons. The van der Waals surface area contributed by atoms with Crippen LogP contribution >= 0.6 is 0 Å². The molecule has 2 heterocycles. The zero-order chi connectivity index (χ0) is 16.9. The van der Waals surface area contributed by atoms with Crippen molar-refractivity contribution in [2.75, 3.05) is 45.3 Å². The van der Waals surface area contributed by atoms with E-state index in [2.05, 4.69) is 14.9 Å². The Balaban J connectivity index is 1.62. The SMILES string of the molecule is COc1ccc(N2CCN(C(=O)c3cc(OC)ncn3)CC2)cc1. The summed E-state index contributed by atoms with van der Waals surface area (Å²) in [6, 6.07) is 9.52. The first-order valence-corrected chi connectivity index (χ1v) is 7.75. The average Bonchev–Trinajstić information content (AvgIpc) is 2.67. The van der Waals surface area contributed by atoms with Gasteiger partial charge < -0.3 is 19.3 Å². The quantitative estimate of drug-likeness (QED) is 0.846. The minimum absolute atomic E-state index is 0.0925. The minimum Gasteiger partial charge on any atom is -0.497 e. The molecule has 1 aliphatic heterocycles. The van der Waals surface area contributed by atoms with Gasteiger partial charge in [0.25, 0.3) is 5.91 Å². The topological polar surface area (TPSA) is 67.8 Å². The summed E-state index contributed by atoms with van der Waals surface area (Å²) in [6.45, 7) is 2.86. The van der Waals surface area contributed by atoms with E-state index < -0.39 is 0 Å². The number of nitrogens with zero attached hydrogens (tertiary/aromatic N) is 4. The number of methoxy groups -OCH3 is 2. The molecule has 0 aliphatic carbocycles. The fourth-order valence-corrected chi connectivity index (χ4v) is 2.69. The Kier molecular flexibility index (Phi) is 4.79. The Hall–Kier alpha value is -2.83. The highest BCUT2D eigenvalue weighted by Gasteiger charge is 2.23. The highest BCUT2D eigenvalue weighted by Crippen LogP contribution is 2.21. The molecule has 0 radical (unpaired) electrons. The van der Waals surface area contributed by atoms with Crippen molar-refractivity contribution < 1.29 is 14.3 Å². The van der Waals surface area contributed by atoms with Gasteiger partial charge in [-0.05, 0) is 24.3 Å². The average molecular weight is 328 g/mol. The molecule has 1 saturated heterocycles. The van der Waals surface area contributed by atoms with Crippen molar-refractivity contribution >= 4 is 11.6 Å². The lowest BCUT2D eigenvalue weighted by Gasteiger charge is -2.36. The Morgan fingerprint density at radius 1 is 1.00 bits per heavy atom. The predicted octanol–water partition coefficient (Wildman–Crippen LogP) is 1.46.